The maximum absolute atomic E-state index is 11.6. The Morgan fingerprint density at radius 1 is 1.20 bits per heavy atom. The van der Waals surface area contributed by atoms with Crippen LogP contribution < -0.4 is 0 Å². The van der Waals surface area contributed by atoms with Crippen LogP contribution in [-0.2, 0) is 9.53 Å². The molecular weight excluding hydrogens is 312 g/mol. The zero-order valence-corrected chi connectivity index (χ0v) is 15.7. The first-order valence-corrected chi connectivity index (χ1v) is 8.70. The summed E-state index contributed by atoms with van der Waals surface area (Å²) in [6.45, 7) is 9.13. The fourth-order valence-electron chi connectivity index (χ4n) is 4.22. The standard InChI is InChI=1S/C22H26O3/c1-21(2)12-15(13-22(3,4)14-21)20-17(10-11-19(23)24-5)16-8-6-7-9-18(16)25-20/h6-12H,13-14H2,1-5H3/b11-10+. The maximum Gasteiger partial charge on any atom is 0.330 e. The van der Waals surface area contributed by atoms with Crippen LogP contribution in [0.5, 0.6) is 0 Å². The molecule has 0 spiro atoms. The van der Waals surface area contributed by atoms with Gasteiger partial charge in [0.25, 0.3) is 0 Å². The molecule has 132 valence electrons. The molecule has 3 nitrogen and oxygen atoms in total. The van der Waals surface area contributed by atoms with Gasteiger partial charge in [0.2, 0.25) is 0 Å². The number of esters is 1. The van der Waals surface area contributed by atoms with E-state index in [1.807, 2.05) is 30.3 Å². The van der Waals surface area contributed by atoms with Crippen molar-refractivity contribution >= 4 is 28.6 Å². The molecule has 0 radical (unpaired) electrons. The molecule has 3 rings (SSSR count). The van der Waals surface area contributed by atoms with E-state index in [1.165, 1.54) is 18.8 Å². The van der Waals surface area contributed by atoms with E-state index in [2.05, 4.69) is 33.8 Å². The lowest BCUT2D eigenvalue weighted by Gasteiger charge is -2.39. The van der Waals surface area contributed by atoms with Gasteiger partial charge in [-0.3, -0.25) is 0 Å². The highest BCUT2D eigenvalue weighted by atomic mass is 16.5. The van der Waals surface area contributed by atoms with Crippen LogP contribution in [0, 0.1) is 10.8 Å². The monoisotopic (exact) mass is 338 g/mol. The van der Waals surface area contributed by atoms with Gasteiger partial charge >= 0.3 is 5.97 Å². The maximum atomic E-state index is 11.6. The number of benzene rings is 1. The predicted octanol–water partition coefficient (Wildman–Crippen LogP) is 5.85. The summed E-state index contributed by atoms with van der Waals surface area (Å²) in [7, 11) is 1.38. The van der Waals surface area contributed by atoms with E-state index in [1.54, 1.807) is 0 Å². The number of hydrogen-bond donors (Lipinski definition) is 0. The molecule has 3 heteroatoms. The van der Waals surface area contributed by atoms with E-state index in [0.29, 0.717) is 0 Å². The molecule has 0 atom stereocenters. The van der Waals surface area contributed by atoms with Gasteiger partial charge in [-0.2, -0.15) is 0 Å². The van der Waals surface area contributed by atoms with Gasteiger partial charge in [0.1, 0.15) is 11.3 Å². The summed E-state index contributed by atoms with van der Waals surface area (Å²) >= 11 is 0. The van der Waals surface area contributed by atoms with E-state index in [-0.39, 0.29) is 16.8 Å². The Kier molecular flexibility index (Phi) is 4.36. The highest BCUT2D eigenvalue weighted by Gasteiger charge is 2.35. The van der Waals surface area contributed by atoms with Crippen molar-refractivity contribution in [3.63, 3.8) is 0 Å². The average molecular weight is 338 g/mol. The third-order valence-electron chi connectivity index (χ3n) is 4.68. The Labute approximate surface area is 149 Å². The second-order valence-electron chi connectivity index (χ2n) is 8.37. The van der Waals surface area contributed by atoms with Gasteiger partial charge in [-0.25, -0.2) is 4.79 Å². The quantitative estimate of drug-likeness (QED) is 0.520. The summed E-state index contributed by atoms with van der Waals surface area (Å²) in [5.74, 6) is 0.497. The zero-order chi connectivity index (χ0) is 18.2. The van der Waals surface area contributed by atoms with Gasteiger partial charge < -0.3 is 9.15 Å². The summed E-state index contributed by atoms with van der Waals surface area (Å²) in [6, 6.07) is 7.94. The minimum Gasteiger partial charge on any atom is -0.466 e. The van der Waals surface area contributed by atoms with E-state index >= 15 is 0 Å². The summed E-state index contributed by atoms with van der Waals surface area (Å²) < 4.78 is 11.0. The van der Waals surface area contributed by atoms with Crippen molar-refractivity contribution in [2.45, 2.75) is 40.5 Å². The third kappa shape index (κ3) is 3.71. The summed E-state index contributed by atoms with van der Waals surface area (Å²) in [5.41, 5.74) is 3.31. The lowest BCUT2D eigenvalue weighted by molar-refractivity contribution is -0.134. The van der Waals surface area contributed by atoms with Crippen molar-refractivity contribution in [2.75, 3.05) is 7.11 Å². The van der Waals surface area contributed by atoms with Crippen molar-refractivity contribution in [3.8, 4) is 0 Å². The van der Waals surface area contributed by atoms with Gasteiger partial charge in [0, 0.05) is 17.0 Å². The van der Waals surface area contributed by atoms with Crippen LogP contribution in [0.3, 0.4) is 0 Å². The van der Waals surface area contributed by atoms with Crippen LogP contribution in [0.4, 0.5) is 0 Å². The smallest absolute Gasteiger partial charge is 0.330 e. The number of methoxy groups -OCH3 is 1. The number of furan rings is 1. The van der Waals surface area contributed by atoms with E-state index < -0.39 is 0 Å². The first-order valence-electron chi connectivity index (χ1n) is 8.70. The molecule has 2 aromatic rings. The molecule has 1 aromatic heterocycles. The van der Waals surface area contributed by atoms with Crippen LogP contribution in [0.1, 0.15) is 51.9 Å². The van der Waals surface area contributed by atoms with Crippen molar-refractivity contribution in [1.82, 2.24) is 0 Å². The number of fused-ring (bicyclic) bond motifs is 1. The van der Waals surface area contributed by atoms with Crippen molar-refractivity contribution in [3.05, 3.63) is 47.7 Å². The number of rotatable bonds is 3. The molecule has 1 aromatic carbocycles. The number of para-hydroxylation sites is 1. The molecule has 0 N–H and O–H groups in total. The van der Waals surface area contributed by atoms with E-state index in [4.69, 9.17) is 9.15 Å². The molecule has 0 unspecified atom stereocenters. The number of hydrogen-bond acceptors (Lipinski definition) is 3. The van der Waals surface area contributed by atoms with Gasteiger partial charge in [-0.1, -0.05) is 52.0 Å². The van der Waals surface area contributed by atoms with E-state index in [0.717, 1.165) is 35.1 Å². The Bertz CT molecular complexity index is 863. The summed E-state index contributed by atoms with van der Waals surface area (Å²) in [5, 5.41) is 1.01. The number of carbonyl (C=O) groups excluding carboxylic acids is 1. The molecule has 1 heterocycles. The minimum atomic E-state index is -0.366. The fourth-order valence-corrected chi connectivity index (χ4v) is 4.22. The van der Waals surface area contributed by atoms with Crippen LogP contribution in [0.25, 0.3) is 22.6 Å². The van der Waals surface area contributed by atoms with Gasteiger partial charge in [0.05, 0.1) is 7.11 Å². The van der Waals surface area contributed by atoms with Gasteiger partial charge in [0.15, 0.2) is 0 Å². The lowest BCUT2D eigenvalue weighted by atomic mass is 9.66. The van der Waals surface area contributed by atoms with Gasteiger partial charge in [-0.05, 0) is 41.4 Å². The molecule has 0 amide bonds. The average Bonchev–Trinajstić information content (AvgIpc) is 2.88. The number of carbonyl (C=O) groups is 1. The molecule has 1 aliphatic carbocycles. The summed E-state index contributed by atoms with van der Waals surface area (Å²) in [6.07, 6.45) is 7.68. The second-order valence-corrected chi connectivity index (χ2v) is 8.37. The third-order valence-corrected chi connectivity index (χ3v) is 4.68. The first-order chi connectivity index (χ1) is 11.7. The van der Waals surface area contributed by atoms with Crippen LogP contribution in [0.2, 0.25) is 0 Å². The Balaban J connectivity index is 2.17. The number of allylic oxidation sites excluding steroid dienone is 2. The Morgan fingerprint density at radius 3 is 2.60 bits per heavy atom. The molecule has 0 aliphatic heterocycles. The lowest BCUT2D eigenvalue weighted by Crippen LogP contribution is -2.26. The Morgan fingerprint density at radius 2 is 1.92 bits per heavy atom. The fraction of sp³-hybridized carbons (Fsp3) is 0.409. The molecule has 25 heavy (non-hydrogen) atoms. The van der Waals surface area contributed by atoms with Crippen molar-refractivity contribution in [1.29, 1.82) is 0 Å². The van der Waals surface area contributed by atoms with Crippen LogP contribution in [-0.4, -0.2) is 13.1 Å². The molecule has 0 saturated heterocycles. The van der Waals surface area contributed by atoms with Crippen molar-refractivity contribution in [2.24, 2.45) is 10.8 Å². The van der Waals surface area contributed by atoms with Crippen LogP contribution in [0.15, 0.2) is 40.8 Å². The zero-order valence-electron chi connectivity index (χ0n) is 15.7. The Hall–Kier alpha value is -2.29. The number of ether oxygens (including phenoxy) is 1. The largest absolute Gasteiger partial charge is 0.466 e. The molecular formula is C22H26O3. The topological polar surface area (TPSA) is 39.4 Å². The van der Waals surface area contributed by atoms with Crippen molar-refractivity contribution < 1.29 is 13.9 Å². The molecule has 0 fully saturated rings. The van der Waals surface area contributed by atoms with Crippen LogP contribution >= 0.6 is 0 Å². The summed E-state index contributed by atoms with van der Waals surface area (Å²) in [4.78, 5) is 11.6. The second kappa shape index (κ2) is 6.21. The highest BCUT2D eigenvalue weighted by molar-refractivity contribution is 5.96. The predicted molar refractivity (Wildman–Crippen MR) is 102 cm³/mol. The first kappa shape index (κ1) is 17.5. The molecule has 0 saturated carbocycles. The highest BCUT2D eigenvalue weighted by Crippen LogP contribution is 2.49. The van der Waals surface area contributed by atoms with Gasteiger partial charge in [-0.15, -0.1) is 0 Å². The minimum absolute atomic E-state index is 0.111. The molecule has 0 bridgehead atoms. The molecule has 1 aliphatic rings. The SMILES string of the molecule is COC(=O)/C=C/c1c(C2=CC(C)(C)CC(C)(C)C2)oc2ccccc12. The normalized spacial score (nSPS) is 19.2. The van der Waals surface area contributed by atoms with E-state index in [9.17, 15) is 4.79 Å².